The molecule has 2 aromatic rings. The lowest BCUT2D eigenvalue weighted by molar-refractivity contribution is 0.0933. The third-order valence-corrected chi connectivity index (χ3v) is 5.94. The summed E-state index contributed by atoms with van der Waals surface area (Å²) >= 11 is 0. The SMILES string of the molecule is CCC(C)NC(=O)c1nc(C(=O)N2c3ccccc3CC2C)n2c1CCCC2. The largest absolute Gasteiger partial charge is 0.348 e. The molecule has 6 heteroatoms. The number of fused-ring (bicyclic) bond motifs is 2. The summed E-state index contributed by atoms with van der Waals surface area (Å²) in [6.45, 7) is 6.82. The van der Waals surface area contributed by atoms with E-state index in [9.17, 15) is 9.59 Å². The van der Waals surface area contributed by atoms with Crippen molar-refractivity contribution in [1.29, 1.82) is 0 Å². The molecule has 2 unspecified atom stereocenters. The molecule has 0 fully saturated rings. The third kappa shape index (κ3) is 3.11. The van der Waals surface area contributed by atoms with Crippen LogP contribution >= 0.6 is 0 Å². The van der Waals surface area contributed by atoms with Gasteiger partial charge in [0.2, 0.25) is 5.82 Å². The maximum Gasteiger partial charge on any atom is 0.294 e. The van der Waals surface area contributed by atoms with Gasteiger partial charge in [0.1, 0.15) is 5.69 Å². The van der Waals surface area contributed by atoms with E-state index in [0.717, 1.165) is 50.0 Å². The number of nitrogens with one attached hydrogen (secondary N) is 1. The Labute approximate surface area is 165 Å². The van der Waals surface area contributed by atoms with E-state index in [1.807, 2.05) is 41.5 Å². The Morgan fingerprint density at radius 3 is 2.86 bits per heavy atom. The average Bonchev–Trinajstić information content (AvgIpc) is 3.24. The molecule has 3 heterocycles. The van der Waals surface area contributed by atoms with Gasteiger partial charge in [-0.3, -0.25) is 9.59 Å². The standard InChI is InChI=1S/C22H28N4O2/c1-4-14(2)23-21(27)19-18-11-7-8-12-25(18)20(24-19)22(28)26-15(3)13-16-9-5-6-10-17(16)26/h5-6,9-10,14-15H,4,7-8,11-13H2,1-3H3,(H,23,27). The smallest absolute Gasteiger partial charge is 0.294 e. The number of carbonyl (C=O) groups is 2. The maximum absolute atomic E-state index is 13.5. The van der Waals surface area contributed by atoms with Gasteiger partial charge in [0.25, 0.3) is 11.8 Å². The molecule has 4 rings (SSSR count). The Hall–Kier alpha value is -2.63. The van der Waals surface area contributed by atoms with Crippen LogP contribution in [0.25, 0.3) is 0 Å². The van der Waals surface area contributed by atoms with E-state index in [1.165, 1.54) is 5.56 Å². The molecule has 0 saturated carbocycles. The molecule has 1 aromatic carbocycles. The fourth-order valence-electron chi connectivity index (χ4n) is 4.27. The van der Waals surface area contributed by atoms with Gasteiger partial charge in [-0.1, -0.05) is 25.1 Å². The minimum Gasteiger partial charge on any atom is -0.348 e. The molecule has 28 heavy (non-hydrogen) atoms. The molecule has 0 bridgehead atoms. The topological polar surface area (TPSA) is 67.2 Å². The van der Waals surface area contributed by atoms with Crippen LogP contribution in [0.5, 0.6) is 0 Å². The highest BCUT2D eigenvalue weighted by atomic mass is 16.2. The number of benzene rings is 1. The second kappa shape index (κ2) is 7.41. The number of carbonyl (C=O) groups excluding carboxylic acids is 2. The summed E-state index contributed by atoms with van der Waals surface area (Å²) in [5.74, 6) is 0.115. The van der Waals surface area contributed by atoms with Crippen LogP contribution in [0.2, 0.25) is 0 Å². The molecule has 1 N–H and O–H groups in total. The lowest BCUT2D eigenvalue weighted by Crippen LogP contribution is -2.37. The highest BCUT2D eigenvalue weighted by Crippen LogP contribution is 2.33. The lowest BCUT2D eigenvalue weighted by atomic mass is 10.1. The number of aromatic nitrogens is 2. The van der Waals surface area contributed by atoms with Gasteiger partial charge in [0.15, 0.2) is 0 Å². The van der Waals surface area contributed by atoms with E-state index in [1.54, 1.807) is 0 Å². The summed E-state index contributed by atoms with van der Waals surface area (Å²) < 4.78 is 1.98. The van der Waals surface area contributed by atoms with Gasteiger partial charge in [-0.15, -0.1) is 0 Å². The number of imidazole rings is 1. The number of hydrogen-bond acceptors (Lipinski definition) is 3. The van der Waals surface area contributed by atoms with E-state index in [-0.39, 0.29) is 23.9 Å². The van der Waals surface area contributed by atoms with Crippen molar-refractivity contribution in [3.05, 3.63) is 47.0 Å². The van der Waals surface area contributed by atoms with Crippen molar-refractivity contribution in [2.24, 2.45) is 0 Å². The van der Waals surface area contributed by atoms with Crippen molar-refractivity contribution in [2.45, 2.75) is 71.5 Å². The molecule has 0 saturated heterocycles. The monoisotopic (exact) mass is 380 g/mol. The van der Waals surface area contributed by atoms with Gasteiger partial charge < -0.3 is 14.8 Å². The second-order valence-electron chi connectivity index (χ2n) is 7.98. The molecular weight excluding hydrogens is 352 g/mol. The van der Waals surface area contributed by atoms with Gasteiger partial charge in [-0.05, 0) is 57.6 Å². The minimum absolute atomic E-state index is 0.0815. The quantitative estimate of drug-likeness (QED) is 0.885. The summed E-state index contributed by atoms with van der Waals surface area (Å²) in [5.41, 5.74) is 3.46. The van der Waals surface area contributed by atoms with Crippen molar-refractivity contribution in [1.82, 2.24) is 14.9 Å². The van der Waals surface area contributed by atoms with Crippen LogP contribution in [0.4, 0.5) is 5.69 Å². The van der Waals surface area contributed by atoms with Gasteiger partial charge in [-0.25, -0.2) is 4.98 Å². The normalized spacial score (nSPS) is 19.1. The van der Waals surface area contributed by atoms with Crippen molar-refractivity contribution in [3.63, 3.8) is 0 Å². The Morgan fingerprint density at radius 1 is 1.29 bits per heavy atom. The predicted octanol–water partition coefficient (Wildman–Crippen LogP) is 3.34. The fourth-order valence-corrected chi connectivity index (χ4v) is 4.27. The lowest BCUT2D eigenvalue weighted by Gasteiger charge is -2.24. The summed E-state index contributed by atoms with van der Waals surface area (Å²) in [6, 6.07) is 8.20. The van der Waals surface area contributed by atoms with Crippen LogP contribution in [-0.4, -0.2) is 33.4 Å². The molecule has 2 atom stereocenters. The zero-order valence-corrected chi connectivity index (χ0v) is 16.9. The summed E-state index contributed by atoms with van der Waals surface area (Å²) in [6.07, 6.45) is 4.51. The van der Waals surface area contributed by atoms with E-state index in [0.29, 0.717) is 11.5 Å². The summed E-state index contributed by atoms with van der Waals surface area (Å²) in [4.78, 5) is 32.7. The Kier molecular flexibility index (Phi) is 4.96. The molecule has 6 nitrogen and oxygen atoms in total. The van der Waals surface area contributed by atoms with Gasteiger partial charge >= 0.3 is 0 Å². The van der Waals surface area contributed by atoms with E-state index < -0.39 is 0 Å². The number of para-hydroxylation sites is 1. The first kappa shape index (κ1) is 18.7. The number of anilines is 1. The molecule has 148 valence electrons. The molecule has 0 aliphatic carbocycles. The Morgan fingerprint density at radius 2 is 2.07 bits per heavy atom. The third-order valence-electron chi connectivity index (χ3n) is 5.94. The number of hydrogen-bond donors (Lipinski definition) is 1. The number of amides is 2. The van der Waals surface area contributed by atoms with Gasteiger partial charge in [0, 0.05) is 24.3 Å². The molecule has 2 aliphatic rings. The van der Waals surface area contributed by atoms with Crippen molar-refractivity contribution < 1.29 is 9.59 Å². The van der Waals surface area contributed by atoms with E-state index in [2.05, 4.69) is 23.3 Å². The maximum atomic E-state index is 13.5. The Bertz CT molecular complexity index is 917. The molecule has 1 aromatic heterocycles. The zero-order valence-electron chi connectivity index (χ0n) is 16.9. The zero-order chi connectivity index (χ0) is 19.8. The highest BCUT2D eigenvalue weighted by Gasteiger charge is 2.36. The molecule has 2 aliphatic heterocycles. The fraction of sp³-hybridized carbons (Fsp3) is 0.500. The highest BCUT2D eigenvalue weighted by molar-refractivity contribution is 6.07. The van der Waals surface area contributed by atoms with Crippen LogP contribution in [0.3, 0.4) is 0 Å². The van der Waals surface area contributed by atoms with E-state index >= 15 is 0 Å². The first-order valence-corrected chi connectivity index (χ1v) is 10.3. The molecule has 0 spiro atoms. The van der Waals surface area contributed by atoms with Crippen LogP contribution in [0, 0.1) is 0 Å². The van der Waals surface area contributed by atoms with Crippen LogP contribution in [0.1, 0.15) is 72.4 Å². The number of rotatable bonds is 4. The molecular formula is C22H28N4O2. The van der Waals surface area contributed by atoms with Crippen molar-refractivity contribution in [2.75, 3.05) is 4.90 Å². The summed E-state index contributed by atoms with van der Waals surface area (Å²) in [7, 11) is 0. The first-order chi connectivity index (χ1) is 13.5. The van der Waals surface area contributed by atoms with Crippen molar-refractivity contribution in [3.8, 4) is 0 Å². The van der Waals surface area contributed by atoms with E-state index in [4.69, 9.17) is 0 Å². The predicted molar refractivity (Wildman–Crippen MR) is 109 cm³/mol. The molecule has 0 radical (unpaired) electrons. The van der Waals surface area contributed by atoms with Crippen LogP contribution in [-0.2, 0) is 19.4 Å². The van der Waals surface area contributed by atoms with Crippen LogP contribution in [0.15, 0.2) is 24.3 Å². The Balaban J connectivity index is 1.72. The second-order valence-corrected chi connectivity index (χ2v) is 7.98. The van der Waals surface area contributed by atoms with Gasteiger partial charge in [0.05, 0.1) is 5.69 Å². The summed E-state index contributed by atoms with van der Waals surface area (Å²) in [5, 5.41) is 3.00. The molecule has 2 amide bonds. The number of nitrogens with zero attached hydrogens (tertiary/aromatic N) is 3. The van der Waals surface area contributed by atoms with Crippen molar-refractivity contribution >= 4 is 17.5 Å². The van der Waals surface area contributed by atoms with Crippen LogP contribution < -0.4 is 10.2 Å². The first-order valence-electron chi connectivity index (χ1n) is 10.3. The average molecular weight is 380 g/mol. The minimum atomic E-state index is -0.172. The van der Waals surface area contributed by atoms with Gasteiger partial charge in [-0.2, -0.15) is 0 Å².